The highest BCUT2D eigenvalue weighted by molar-refractivity contribution is 6.34. The van der Waals surface area contributed by atoms with E-state index < -0.39 is 22.6 Å². The number of nitrogens with zero attached hydrogens (tertiary/aromatic N) is 1. The molecule has 0 atom stereocenters. The summed E-state index contributed by atoms with van der Waals surface area (Å²) in [6.07, 6.45) is -4.57. The quantitative estimate of drug-likeness (QED) is 0.657. The van der Waals surface area contributed by atoms with E-state index in [9.17, 15) is 28.1 Å². The summed E-state index contributed by atoms with van der Waals surface area (Å²) in [7, 11) is 0. The Morgan fingerprint density at radius 3 is 2.26 bits per heavy atom. The maximum absolute atomic E-state index is 12.7. The molecule has 2 rings (SSSR count). The van der Waals surface area contributed by atoms with Gasteiger partial charge in [0.2, 0.25) is 0 Å². The number of hydrogen-bond acceptors (Lipinski definition) is 3. The minimum absolute atomic E-state index is 0.0454. The van der Waals surface area contributed by atoms with Gasteiger partial charge in [0.05, 0.1) is 21.2 Å². The molecule has 0 saturated carbocycles. The lowest BCUT2D eigenvalue weighted by Gasteiger charge is -2.11. The molecule has 0 aliphatic heterocycles. The van der Waals surface area contributed by atoms with Crippen molar-refractivity contribution in [2.45, 2.75) is 6.18 Å². The van der Waals surface area contributed by atoms with E-state index in [0.717, 1.165) is 24.3 Å². The molecule has 0 radical (unpaired) electrons. The number of nitro groups is 1. The molecule has 0 fully saturated rings. The highest BCUT2D eigenvalue weighted by Crippen LogP contribution is 2.34. The molecule has 120 valence electrons. The molecule has 2 aromatic carbocycles. The smallest absolute Gasteiger partial charge is 0.321 e. The number of amides is 1. The Labute approximate surface area is 132 Å². The van der Waals surface area contributed by atoms with Crippen molar-refractivity contribution < 1.29 is 22.9 Å². The van der Waals surface area contributed by atoms with Crippen LogP contribution in [0.4, 0.5) is 24.5 Å². The van der Waals surface area contributed by atoms with Crippen molar-refractivity contribution in [1.82, 2.24) is 0 Å². The Hall–Kier alpha value is -2.61. The molecule has 1 amide bonds. The first-order valence-electron chi connectivity index (χ1n) is 6.11. The molecule has 0 spiro atoms. The normalized spacial score (nSPS) is 11.1. The topological polar surface area (TPSA) is 72.2 Å². The van der Waals surface area contributed by atoms with E-state index in [4.69, 9.17) is 11.6 Å². The van der Waals surface area contributed by atoms with E-state index >= 15 is 0 Å². The van der Waals surface area contributed by atoms with Crippen LogP contribution in [-0.2, 0) is 6.18 Å². The Morgan fingerprint density at radius 2 is 1.74 bits per heavy atom. The number of anilines is 1. The Balaban J connectivity index is 2.24. The van der Waals surface area contributed by atoms with Crippen LogP contribution >= 0.6 is 11.6 Å². The van der Waals surface area contributed by atoms with Crippen LogP contribution in [0.25, 0.3) is 0 Å². The molecular formula is C14H8ClF3N2O3. The second-order valence-electron chi connectivity index (χ2n) is 4.45. The number of nitro benzene ring substituents is 1. The lowest BCUT2D eigenvalue weighted by Crippen LogP contribution is -2.13. The monoisotopic (exact) mass is 344 g/mol. The lowest BCUT2D eigenvalue weighted by molar-refractivity contribution is -0.384. The standard InChI is InChI=1S/C14H8ClF3N2O3/c15-11-6-3-9(14(16,17)18)7-12(11)19-13(21)8-1-4-10(5-2-8)20(22)23/h1-7H,(H,19,21). The summed E-state index contributed by atoms with van der Waals surface area (Å²) < 4.78 is 38.0. The number of carbonyl (C=O) groups excluding carboxylic acids is 1. The van der Waals surface area contributed by atoms with Crippen LogP contribution in [0.1, 0.15) is 15.9 Å². The maximum atomic E-state index is 12.7. The summed E-state index contributed by atoms with van der Waals surface area (Å²) in [5.41, 5.74) is -1.33. The van der Waals surface area contributed by atoms with Crippen LogP contribution in [0.3, 0.4) is 0 Å². The van der Waals surface area contributed by atoms with Crippen molar-refractivity contribution in [3.63, 3.8) is 0 Å². The van der Waals surface area contributed by atoms with Crippen LogP contribution in [0, 0.1) is 10.1 Å². The van der Waals surface area contributed by atoms with Gasteiger partial charge in [0.25, 0.3) is 11.6 Å². The van der Waals surface area contributed by atoms with Crippen molar-refractivity contribution >= 4 is 28.9 Å². The summed E-state index contributed by atoms with van der Waals surface area (Å²) in [6, 6.07) is 7.14. The molecule has 0 aliphatic carbocycles. The summed E-state index contributed by atoms with van der Waals surface area (Å²) in [5, 5.41) is 12.7. The number of nitrogens with one attached hydrogen (secondary N) is 1. The number of alkyl halides is 3. The van der Waals surface area contributed by atoms with E-state index in [-0.39, 0.29) is 22.0 Å². The van der Waals surface area contributed by atoms with Gasteiger partial charge in [-0.05, 0) is 30.3 Å². The predicted octanol–water partition coefficient (Wildman–Crippen LogP) is 4.52. The first-order chi connectivity index (χ1) is 10.7. The molecule has 9 heteroatoms. The number of carbonyl (C=O) groups is 1. The average Bonchev–Trinajstić information content (AvgIpc) is 2.48. The molecule has 5 nitrogen and oxygen atoms in total. The Morgan fingerprint density at radius 1 is 1.13 bits per heavy atom. The van der Waals surface area contributed by atoms with Crippen molar-refractivity contribution in [3.8, 4) is 0 Å². The summed E-state index contributed by atoms with van der Waals surface area (Å²) in [5.74, 6) is -0.735. The summed E-state index contributed by atoms with van der Waals surface area (Å²) in [4.78, 5) is 21.9. The Kier molecular flexibility index (Phi) is 4.55. The van der Waals surface area contributed by atoms with Gasteiger partial charge >= 0.3 is 6.18 Å². The summed E-state index contributed by atoms with van der Waals surface area (Å²) in [6.45, 7) is 0. The van der Waals surface area contributed by atoms with Crippen LogP contribution in [0.5, 0.6) is 0 Å². The molecule has 0 unspecified atom stereocenters. The molecule has 23 heavy (non-hydrogen) atoms. The fraction of sp³-hybridized carbons (Fsp3) is 0.0714. The molecule has 2 aromatic rings. The van der Waals surface area contributed by atoms with E-state index in [0.29, 0.717) is 6.07 Å². The second-order valence-corrected chi connectivity index (χ2v) is 4.86. The summed E-state index contributed by atoms with van der Waals surface area (Å²) >= 11 is 5.77. The van der Waals surface area contributed by atoms with Crippen LogP contribution in [0.2, 0.25) is 5.02 Å². The molecule has 0 aromatic heterocycles. The van der Waals surface area contributed by atoms with Crippen molar-refractivity contribution in [2.75, 3.05) is 5.32 Å². The van der Waals surface area contributed by atoms with Gasteiger partial charge in [-0.3, -0.25) is 14.9 Å². The third kappa shape index (κ3) is 3.98. The zero-order valence-corrected chi connectivity index (χ0v) is 12.0. The number of hydrogen-bond donors (Lipinski definition) is 1. The number of rotatable bonds is 3. The van der Waals surface area contributed by atoms with Gasteiger partial charge in [0.1, 0.15) is 0 Å². The van der Waals surface area contributed by atoms with Gasteiger partial charge < -0.3 is 5.32 Å². The van der Waals surface area contributed by atoms with E-state index in [1.807, 2.05) is 0 Å². The fourth-order valence-corrected chi connectivity index (χ4v) is 1.89. The third-order valence-corrected chi connectivity index (χ3v) is 3.21. The second kappa shape index (κ2) is 6.25. The van der Waals surface area contributed by atoms with Crippen LogP contribution in [-0.4, -0.2) is 10.8 Å². The minimum Gasteiger partial charge on any atom is -0.321 e. The third-order valence-electron chi connectivity index (χ3n) is 2.88. The Bertz CT molecular complexity index is 761. The van der Waals surface area contributed by atoms with Gasteiger partial charge in [-0.15, -0.1) is 0 Å². The van der Waals surface area contributed by atoms with Gasteiger partial charge in [-0.25, -0.2) is 0 Å². The minimum atomic E-state index is -4.57. The van der Waals surface area contributed by atoms with Gasteiger partial charge in [0, 0.05) is 17.7 Å². The van der Waals surface area contributed by atoms with Crippen molar-refractivity contribution in [1.29, 1.82) is 0 Å². The molecule has 0 saturated heterocycles. The van der Waals surface area contributed by atoms with E-state index in [1.54, 1.807) is 0 Å². The van der Waals surface area contributed by atoms with Crippen LogP contribution < -0.4 is 5.32 Å². The largest absolute Gasteiger partial charge is 0.416 e. The molecular weight excluding hydrogens is 337 g/mol. The first kappa shape index (κ1) is 16.8. The van der Waals surface area contributed by atoms with Gasteiger partial charge in [0.15, 0.2) is 0 Å². The first-order valence-corrected chi connectivity index (χ1v) is 6.49. The predicted molar refractivity (Wildman–Crippen MR) is 77.5 cm³/mol. The molecule has 0 heterocycles. The number of halogens is 4. The van der Waals surface area contributed by atoms with Gasteiger partial charge in [-0.2, -0.15) is 13.2 Å². The maximum Gasteiger partial charge on any atom is 0.416 e. The number of benzene rings is 2. The zero-order valence-electron chi connectivity index (χ0n) is 11.2. The molecule has 1 N–H and O–H groups in total. The fourth-order valence-electron chi connectivity index (χ4n) is 1.73. The molecule has 0 bridgehead atoms. The lowest BCUT2D eigenvalue weighted by atomic mass is 10.1. The van der Waals surface area contributed by atoms with Crippen LogP contribution in [0.15, 0.2) is 42.5 Å². The highest BCUT2D eigenvalue weighted by Gasteiger charge is 2.31. The van der Waals surface area contributed by atoms with E-state index in [2.05, 4.69) is 5.32 Å². The zero-order chi connectivity index (χ0) is 17.2. The van der Waals surface area contributed by atoms with Crippen molar-refractivity contribution in [2.24, 2.45) is 0 Å². The van der Waals surface area contributed by atoms with Gasteiger partial charge in [-0.1, -0.05) is 11.6 Å². The van der Waals surface area contributed by atoms with E-state index in [1.165, 1.54) is 12.1 Å². The highest BCUT2D eigenvalue weighted by atomic mass is 35.5. The number of non-ortho nitro benzene ring substituents is 1. The SMILES string of the molecule is O=C(Nc1cc(C(F)(F)F)ccc1Cl)c1ccc([N+](=O)[O-])cc1. The molecule has 0 aliphatic rings. The van der Waals surface area contributed by atoms with Crippen molar-refractivity contribution in [3.05, 3.63) is 68.7 Å². The average molecular weight is 345 g/mol.